The Kier molecular flexibility index (Phi) is 1.26. The van der Waals surface area contributed by atoms with E-state index in [-0.39, 0.29) is 0 Å². The average molecular weight is 125 g/mol. The molecule has 0 aromatic rings. The minimum atomic E-state index is 0.903. The average Bonchev–Trinajstić information content (AvgIpc) is 2.54. The molecule has 0 heterocycles. The van der Waals surface area contributed by atoms with Crippen LogP contribution in [0.15, 0.2) is 0 Å². The smallest absolute Gasteiger partial charge is 0.00980 e. The second-order valence-corrected chi connectivity index (χ2v) is 3.40. The first-order valence-electron chi connectivity index (χ1n) is 4.15. The molecule has 1 nitrogen and oxygen atoms in total. The molecule has 2 saturated carbocycles. The summed E-state index contributed by atoms with van der Waals surface area (Å²) in [6.45, 7) is 3.36. The van der Waals surface area contributed by atoms with Gasteiger partial charge in [-0.05, 0) is 37.6 Å². The van der Waals surface area contributed by atoms with E-state index in [2.05, 4.69) is 12.2 Å². The molecular formula is C8H15N. The fourth-order valence-corrected chi connectivity index (χ4v) is 2.22. The normalized spacial score (nSPS) is 47.0. The highest BCUT2D eigenvalue weighted by atomic mass is 14.9. The first kappa shape index (κ1) is 5.72. The molecule has 52 valence electrons. The van der Waals surface area contributed by atoms with Crippen molar-refractivity contribution in [3.05, 3.63) is 0 Å². The molecular weight excluding hydrogens is 110 g/mol. The Balaban J connectivity index is 1.84. The van der Waals surface area contributed by atoms with E-state index in [1.807, 2.05) is 0 Å². The van der Waals surface area contributed by atoms with E-state index >= 15 is 0 Å². The van der Waals surface area contributed by atoms with Crippen molar-refractivity contribution < 1.29 is 0 Å². The third kappa shape index (κ3) is 0.877. The Morgan fingerprint density at radius 1 is 1.44 bits per heavy atom. The Hall–Kier alpha value is -0.0400. The second kappa shape index (κ2) is 1.98. The molecule has 2 aliphatic rings. The van der Waals surface area contributed by atoms with Gasteiger partial charge in [0.25, 0.3) is 0 Å². The fourth-order valence-electron chi connectivity index (χ4n) is 2.22. The second-order valence-electron chi connectivity index (χ2n) is 3.40. The lowest BCUT2D eigenvalue weighted by Crippen LogP contribution is -2.28. The van der Waals surface area contributed by atoms with E-state index in [1.165, 1.54) is 19.3 Å². The molecule has 0 bridgehead atoms. The minimum Gasteiger partial charge on any atom is -0.314 e. The maximum Gasteiger partial charge on any atom is 0.00980 e. The number of rotatable bonds is 2. The van der Waals surface area contributed by atoms with E-state index < -0.39 is 0 Å². The van der Waals surface area contributed by atoms with Crippen molar-refractivity contribution in [1.29, 1.82) is 0 Å². The molecule has 0 amide bonds. The lowest BCUT2D eigenvalue weighted by Gasteiger charge is -2.10. The van der Waals surface area contributed by atoms with Crippen molar-refractivity contribution in [2.45, 2.75) is 32.2 Å². The fraction of sp³-hybridized carbons (Fsp3) is 1.00. The standard InChI is InChI=1S/C8H15N/c1-2-9-8-4-3-6-5-7(6)8/h6-9H,2-5H2,1H3. The Bertz CT molecular complexity index is 111. The molecule has 9 heavy (non-hydrogen) atoms. The highest BCUT2D eigenvalue weighted by Crippen LogP contribution is 2.51. The van der Waals surface area contributed by atoms with Crippen molar-refractivity contribution in [1.82, 2.24) is 5.32 Å². The summed E-state index contributed by atoms with van der Waals surface area (Å²) < 4.78 is 0. The molecule has 0 aromatic carbocycles. The van der Waals surface area contributed by atoms with Gasteiger partial charge >= 0.3 is 0 Å². The van der Waals surface area contributed by atoms with Crippen LogP contribution in [0.3, 0.4) is 0 Å². The van der Waals surface area contributed by atoms with Crippen LogP contribution >= 0.6 is 0 Å². The first-order chi connectivity index (χ1) is 4.42. The van der Waals surface area contributed by atoms with Crippen LogP contribution < -0.4 is 5.32 Å². The molecule has 0 aliphatic heterocycles. The van der Waals surface area contributed by atoms with Gasteiger partial charge in [0.1, 0.15) is 0 Å². The number of nitrogens with one attached hydrogen (secondary N) is 1. The quantitative estimate of drug-likeness (QED) is 0.588. The van der Waals surface area contributed by atoms with Crippen LogP contribution in [0.5, 0.6) is 0 Å². The van der Waals surface area contributed by atoms with Crippen molar-refractivity contribution in [2.24, 2.45) is 11.8 Å². The Labute approximate surface area is 56.8 Å². The van der Waals surface area contributed by atoms with Crippen LogP contribution in [-0.2, 0) is 0 Å². The number of fused-ring (bicyclic) bond motifs is 1. The van der Waals surface area contributed by atoms with Gasteiger partial charge in [0.05, 0.1) is 0 Å². The van der Waals surface area contributed by atoms with Crippen molar-refractivity contribution in [3.8, 4) is 0 Å². The molecule has 2 fully saturated rings. The predicted octanol–water partition coefficient (Wildman–Crippen LogP) is 1.39. The zero-order valence-corrected chi connectivity index (χ0v) is 6.06. The lowest BCUT2D eigenvalue weighted by atomic mass is 10.2. The molecule has 2 aliphatic carbocycles. The highest BCUT2D eigenvalue weighted by Gasteiger charge is 2.47. The Morgan fingerprint density at radius 2 is 2.33 bits per heavy atom. The topological polar surface area (TPSA) is 12.0 Å². The summed E-state index contributed by atoms with van der Waals surface area (Å²) in [7, 11) is 0. The monoisotopic (exact) mass is 125 g/mol. The maximum absolute atomic E-state index is 3.54. The maximum atomic E-state index is 3.54. The van der Waals surface area contributed by atoms with E-state index in [1.54, 1.807) is 0 Å². The van der Waals surface area contributed by atoms with Gasteiger partial charge in [-0.1, -0.05) is 6.92 Å². The van der Waals surface area contributed by atoms with Gasteiger partial charge in [-0.2, -0.15) is 0 Å². The minimum absolute atomic E-state index is 0.903. The summed E-state index contributed by atoms with van der Waals surface area (Å²) in [5.41, 5.74) is 0. The Morgan fingerprint density at radius 3 is 2.78 bits per heavy atom. The third-order valence-electron chi connectivity index (χ3n) is 2.81. The van der Waals surface area contributed by atoms with Crippen LogP contribution in [0.4, 0.5) is 0 Å². The number of hydrogen-bond acceptors (Lipinski definition) is 1. The van der Waals surface area contributed by atoms with Crippen molar-refractivity contribution >= 4 is 0 Å². The van der Waals surface area contributed by atoms with Gasteiger partial charge in [0.15, 0.2) is 0 Å². The summed E-state index contributed by atoms with van der Waals surface area (Å²) in [6, 6.07) is 0.903. The zero-order chi connectivity index (χ0) is 6.27. The van der Waals surface area contributed by atoms with Gasteiger partial charge in [-0.25, -0.2) is 0 Å². The summed E-state index contributed by atoms with van der Waals surface area (Å²) in [6.07, 6.45) is 4.48. The lowest BCUT2D eigenvalue weighted by molar-refractivity contribution is 0.489. The molecule has 0 aromatic heterocycles. The molecule has 1 heteroatoms. The number of hydrogen-bond donors (Lipinski definition) is 1. The molecule has 3 unspecified atom stereocenters. The van der Waals surface area contributed by atoms with Crippen molar-refractivity contribution in [2.75, 3.05) is 6.54 Å². The SMILES string of the molecule is CCNC1CCC2CC21. The molecule has 3 atom stereocenters. The van der Waals surface area contributed by atoms with Crippen LogP contribution in [0, 0.1) is 11.8 Å². The van der Waals surface area contributed by atoms with Gasteiger partial charge < -0.3 is 5.32 Å². The predicted molar refractivity (Wildman–Crippen MR) is 38.3 cm³/mol. The molecule has 2 rings (SSSR count). The summed E-state index contributed by atoms with van der Waals surface area (Å²) in [4.78, 5) is 0. The van der Waals surface area contributed by atoms with E-state index in [4.69, 9.17) is 0 Å². The van der Waals surface area contributed by atoms with Gasteiger partial charge in [0, 0.05) is 6.04 Å². The third-order valence-corrected chi connectivity index (χ3v) is 2.81. The van der Waals surface area contributed by atoms with Crippen LogP contribution in [0.1, 0.15) is 26.2 Å². The molecule has 1 N–H and O–H groups in total. The summed E-state index contributed by atoms with van der Waals surface area (Å²) in [5, 5.41) is 3.54. The van der Waals surface area contributed by atoms with E-state index in [0.717, 1.165) is 24.4 Å². The highest BCUT2D eigenvalue weighted by molar-refractivity contribution is 5.00. The molecule has 0 spiro atoms. The zero-order valence-electron chi connectivity index (χ0n) is 6.06. The van der Waals surface area contributed by atoms with E-state index in [9.17, 15) is 0 Å². The van der Waals surface area contributed by atoms with Gasteiger partial charge in [-0.3, -0.25) is 0 Å². The summed E-state index contributed by atoms with van der Waals surface area (Å²) >= 11 is 0. The largest absolute Gasteiger partial charge is 0.314 e. The molecule has 0 radical (unpaired) electrons. The van der Waals surface area contributed by atoms with Crippen molar-refractivity contribution in [3.63, 3.8) is 0 Å². The summed E-state index contributed by atoms with van der Waals surface area (Å²) in [5.74, 6) is 2.22. The first-order valence-corrected chi connectivity index (χ1v) is 4.15. The van der Waals surface area contributed by atoms with E-state index in [0.29, 0.717) is 0 Å². The van der Waals surface area contributed by atoms with Gasteiger partial charge in [-0.15, -0.1) is 0 Å². The van der Waals surface area contributed by atoms with Gasteiger partial charge in [0.2, 0.25) is 0 Å². The van der Waals surface area contributed by atoms with Crippen LogP contribution in [0.25, 0.3) is 0 Å². The molecule has 0 saturated heterocycles. The van der Waals surface area contributed by atoms with Crippen LogP contribution in [-0.4, -0.2) is 12.6 Å². The van der Waals surface area contributed by atoms with Crippen LogP contribution in [0.2, 0.25) is 0 Å².